The van der Waals surface area contributed by atoms with Crippen LogP contribution in [0.3, 0.4) is 0 Å². The van der Waals surface area contributed by atoms with Crippen molar-refractivity contribution in [2.75, 3.05) is 6.54 Å². The van der Waals surface area contributed by atoms with Crippen molar-refractivity contribution in [1.29, 1.82) is 0 Å². The van der Waals surface area contributed by atoms with Crippen molar-refractivity contribution in [1.82, 2.24) is 10.0 Å². The Morgan fingerprint density at radius 1 is 0.929 bits per heavy atom. The molecule has 0 aliphatic carbocycles. The van der Waals surface area contributed by atoms with Crippen LogP contribution in [0.1, 0.15) is 11.1 Å². The molecule has 3 rings (SSSR count). The minimum atomic E-state index is -3.64. The normalized spacial score (nSPS) is 11.1. The Morgan fingerprint density at radius 3 is 2.32 bits per heavy atom. The second-order valence-corrected chi connectivity index (χ2v) is 8.89. The summed E-state index contributed by atoms with van der Waals surface area (Å²) < 4.78 is 32.1. The minimum Gasteiger partial charge on any atom is -0.489 e. The molecule has 1 heterocycles. The zero-order valence-electron chi connectivity index (χ0n) is 15.0. The number of rotatable bonds is 9. The monoisotopic (exact) mass is 416 g/mol. The van der Waals surface area contributed by atoms with Crippen LogP contribution in [-0.4, -0.2) is 20.9 Å². The van der Waals surface area contributed by atoms with Gasteiger partial charge < -0.3 is 10.1 Å². The molecule has 0 aliphatic heterocycles. The quantitative estimate of drug-likeness (QED) is 0.562. The standard InChI is InChI=1S/C20H20N2O4S2/c23-19(14-22-28(24,25)20-7-4-12-27-20)21-13-16-8-10-17(11-9-16)15-26-18-5-2-1-3-6-18/h1-12,22H,13-15H2,(H,21,23). The third-order valence-corrected chi connectivity index (χ3v) is 6.64. The maximum Gasteiger partial charge on any atom is 0.250 e. The second-order valence-electron chi connectivity index (χ2n) is 5.95. The largest absolute Gasteiger partial charge is 0.489 e. The van der Waals surface area contributed by atoms with Crippen molar-refractivity contribution in [3.8, 4) is 5.75 Å². The van der Waals surface area contributed by atoms with Gasteiger partial charge in [-0.3, -0.25) is 4.79 Å². The molecule has 2 N–H and O–H groups in total. The number of ether oxygens (including phenoxy) is 1. The van der Waals surface area contributed by atoms with Crippen LogP contribution in [0, 0.1) is 0 Å². The van der Waals surface area contributed by atoms with E-state index in [1.165, 1.54) is 6.07 Å². The second kappa shape index (κ2) is 9.50. The van der Waals surface area contributed by atoms with Crippen molar-refractivity contribution < 1.29 is 17.9 Å². The van der Waals surface area contributed by atoms with E-state index in [-0.39, 0.29) is 10.8 Å². The summed E-state index contributed by atoms with van der Waals surface area (Å²) in [4.78, 5) is 11.9. The van der Waals surface area contributed by atoms with Crippen molar-refractivity contribution in [2.24, 2.45) is 0 Å². The smallest absolute Gasteiger partial charge is 0.250 e. The molecule has 0 saturated carbocycles. The Balaban J connectivity index is 1.42. The van der Waals surface area contributed by atoms with E-state index in [0.29, 0.717) is 13.2 Å². The molecular weight excluding hydrogens is 396 g/mol. The Bertz CT molecular complexity index is 986. The molecule has 0 unspecified atom stereocenters. The van der Waals surface area contributed by atoms with Gasteiger partial charge in [0.2, 0.25) is 5.91 Å². The molecule has 146 valence electrons. The number of nitrogens with one attached hydrogen (secondary N) is 2. The number of carbonyl (C=O) groups is 1. The molecule has 1 aromatic heterocycles. The summed E-state index contributed by atoms with van der Waals surface area (Å²) >= 11 is 1.10. The van der Waals surface area contributed by atoms with Crippen LogP contribution in [0.5, 0.6) is 5.75 Å². The average Bonchev–Trinajstić information content (AvgIpc) is 3.27. The van der Waals surface area contributed by atoms with E-state index in [0.717, 1.165) is 28.2 Å². The van der Waals surface area contributed by atoms with Gasteiger partial charge in [-0.15, -0.1) is 11.3 Å². The van der Waals surface area contributed by atoms with Gasteiger partial charge in [0, 0.05) is 6.54 Å². The van der Waals surface area contributed by atoms with Crippen molar-refractivity contribution >= 4 is 27.3 Å². The van der Waals surface area contributed by atoms with Gasteiger partial charge in [-0.05, 0) is 34.7 Å². The first-order valence-electron chi connectivity index (χ1n) is 8.58. The number of amides is 1. The molecule has 0 fully saturated rings. The maximum absolute atomic E-state index is 12.0. The Kier molecular flexibility index (Phi) is 6.80. The van der Waals surface area contributed by atoms with Crippen LogP contribution in [-0.2, 0) is 28.0 Å². The van der Waals surface area contributed by atoms with Gasteiger partial charge >= 0.3 is 0 Å². The van der Waals surface area contributed by atoms with E-state index in [2.05, 4.69) is 10.0 Å². The molecule has 0 radical (unpaired) electrons. The highest BCUT2D eigenvalue weighted by Crippen LogP contribution is 2.15. The minimum absolute atomic E-state index is 0.189. The van der Waals surface area contributed by atoms with E-state index < -0.39 is 15.9 Å². The highest BCUT2D eigenvalue weighted by Gasteiger charge is 2.16. The molecule has 0 aliphatic rings. The molecule has 0 spiro atoms. The predicted molar refractivity (Wildman–Crippen MR) is 109 cm³/mol. The first-order valence-corrected chi connectivity index (χ1v) is 10.9. The van der Waals surface area contributed by atoms with Crippen LogP contribution in [0.25, 0.3) is 0 Å². The molecule has 1 amide bonds. The first kappa shape index (κ1) is 20.1. The summed E-state index contributed by atoms with van der Waals surface area (Å²) in [5.74, 6) is 0.417. The van der Waals surface area contributed by atoms with Gasteiger partial charge in [0.25, 0.3) is 10.0 Å². The average molecular weight is 417 g/mol. The summed E-state index contributed by atoms with van der Waals surface area (Å²) in [6.45, 7) is 0.476. The van der Waals surface area contributed by atoms with Gasteiger partial charge in [-0.25, -0.2) is 13.1 Å². The van der Waals surface area contributed by atoms with E-state index >= 15 is 0 Å². The van der Waals surface area contributed by atoms with E-state index in [9.17, 15) is 13.2 Å². The number of benzene rings is 2. The number of hydrogen-bond donors (Lipinski definition) is 2. The highest BCUT2D eigenvalue weighted by atomic mass is 32.2. The number of carbonyl (C=O) groups excluding carboxylic acids is 1. The lowest BCUT2D eigenvalue weighted by Crippen LogP contribution is -2.36. The lowest BCUT2D eigenvalue weighted by molar-refractivity contribution is -0.120. The topological polar surface area (TPSA) is 84.5 Å². The van der Waals surface area contributed by atoms with E-state index in [4.69, 9.17) is 4.74 Å². The Hall–Kier alpha value is -2.68. The summed E-state index contributed by atoms with van der Waals surface area (Å²) in [6, 6.07) is 20.4. The van der Waals surface area contributed by atoms with Gasteiger partial charge in [0.05, 0.1) is 6.54 Å². The van der Waals surface area contributed by atoms with Crippen molar-refractivity contribution in [3.05, 3.63) is 83.2 Å². The van der Waals surface area contributed by atoms with Crippen molar-refractivity contribution in [2.45, 2.75) is 17.4 Å². The van der Waals surface area contributed by atoms with E-state index in [1.54, 1.807) is 11.4 Å². The summed E-state index contributed by atoms with van der Waals surface area (Å²) in [5.41, 5.74) is 1.93. The fourth-order valence-corrected chi connectivity index (χ4v) is 4.37. The van der Waals surface area contributed by atoms with Crippen molar-refractivity contribution in [3.63, 3.8) is 0 Å². The van der Waals surface area contributed by atoms with Crippen LogP contribution in [0.4, 0.5) is 0 Å². The molecule has 0 bridgehead atoms. The molecule has 28 heavy (non-hydrogen) atoms. The fraction of sp³-hybridized carbons (Fsp3) is 0.150. The van der Waals surface area contributed by atoms with Crippen LogP contribution in [0.2, 0.25) is 0 Å². The molecule has 6 nitrogen and oxygen atoms in total. The van der Waals surface area contributed by atoms with Gasteiger partial charge in [-0.1, -0.05) is 48.5 Å². The Labute approximate surface area is 168 Å². The van der Waals surface area contributed by atoms with Crippen LogP contribution < -0.4 is 14.8 Å². The third kappa shape index (κ3) is 5.91. The fourth-order valence-electron chi connectivity index (χ4n) is 2.35. The SMILES string of the molecule is O=C(CNS(=O)(=O)c1cccs1)NCc1ccc(COc2ccccc2)cc1. The number of para-hydroxylation sites is 1. The van der Waals surface area contributed by atoms with Crippen LogP contribution >= 0.6 is 11.3 Å². The lowest BCUT2D eigenvalue weighted by atomic mass is 10.1. The number of sulfonamides is 1. The lowest BCUT2D eigenvalue weighted by Gasteiger charge is -2.09. The van der Waals surface area contributed by atoms with Gasteiger partial charge in [-0.2, -0.15) is 0 Å². The van der Waals surface area contributed by atoms with E-state index in [1.807, 2.05) is 54.6 Å². The molecule has 8 heteroatoms. The molecule has 0 atom stereocenters. The Morgan fingerprint density at radius 2 is 1.64 bits per heavy atom. The molecule has 3 aromatic rings. The predicted octanol–water partition coefficient (Wildman–Crippen LogP) is 2.92. The first-order chi connectivity index (χ1) is 13.5. The molecule has 2 aromatic carbocycles. The highest BCUT2D eigenvalue weighted by molar-refractivity contribution is 7.91. The molecule has 0 saturated heterocycles. The number of thiophene rings is 1. The maximum atomic E-state index is 12.0. The summed E-state index contributed by atoms with van der Waals surface area (Å²) in [6.07, 6.45) is 0. The van der Waals surface area contributed by atoms with Gasteiger partial charge in [0.15, 0.2) is 0 Å². The zero-order chi connectivity index (χ0) is 19.8. The van der Waals surface area contributed by atoms with Crippen LogP contribution in [0.15, 0.2) is 76.3 Å². The number of hydrogen-bond acceptors (Lipinski definition) is 5. The summed E-state index contributed by atoms with van der Waals surface area (Å²) in [5, 5.41) is 4.37. The summed E-state index contributed by atoms with van der Waals surface area (Å²) in [7, 11) is -3.64. The van der Waals surface area contributed by atoms with Gasteiger partial charge in [0.1, 0.15) is 16.6 Å². The zero-order valence-corrected chi connectivity index (χ0v) is 16.6. The molecular formula is C20H20N2O4S2. The third-order valence-electron chi connectivity index (χ3n) is 3.84.